The SMILES string of the molecule is N#CN1CC2C[C@]2(NC(=O)c2ccc(-c3cnccc3Sc3ccccc3)cc2)C1. The third-order valence-corrected chi connectivity index (χ3v) is 6.94. The summed E-state index contributed by atoms with van der Waals surface area (Å²) in [6, 6.07) is 19.9. The number of carbonyl (C=O) groups is 1. The molecule has 0 spiro atoms. The highest BCUT2D eigenvalue weighted by molar-refractivity contribution is 7.99. The molecule has 0 bridgehead atoms. The Morgan fingerprint density at radius 1 is 1.17 bits per heavy atom. The van der Waals surface area contributed by atoms with E-state index < -0.39 is 0 Å². The molecule has 6 heteroatoms. The summed E-state index contributed by atoms with van der Waals surface area (Å²) >= 11 is 1.70. The molecule has 5 rings (SSSR count). The van der Waals surface area contributed by atoms with Crippen LogP contribution in [0.3, 0.4) is 0 Å². The fourth-order valence-electron chi connectivity index (χ4n) is 4.16. The molecule has 1 unspecified atom stereocenters. The van der Waals surface area contributed by atoms with Crippen LogP contribution in [0.5, 0.6) is 0 Å². The zero-order valence-electron chi connectivity index (χ0n) is 16.3. The predicted molar refractivity (Wildman–Crippen MR) is 116 cm³/mol. The molecule has 2 heterocycles. The van der Waals surface area contributed by atoms with Gasteiger partial charge in [-0.3, -0.25) is 9.78 Å². The number of rotatable bonds is 5. The minimum Gasteiger partial charge on any atom is -0.344 e. The van der Waals surface area contributed by atoms with Crippen LogP contribution in [0, 0.1) is 17.4 Å². The lowest BCUT2D eigenvalue weighted by atomic mass is 10.0. The van der Waals surface area contributed by atoms with Gasteiger partial charge >= 0.3 is 0 Å². The van der Waals surface area contributed by atoms with Crippen LogP contribution in [-0.2, 0) is 0 Å². The fourth-order valence-corrected chi connectivity index (χ4v) is 5.11. The molecule has 1 saturated carbocycles. The van der Waals surface area contributed by atoms with Gasteiger partial charge in [0, 0.05) is 45.8 Å². The van der Waals surface area contributed by atoms with Gasteiger partial charge < -0.3 is 10.2 Å². The molecule has 2 aromatic carbocycles. The lowest BCUT2D eigenvalue weighted by Crippen LogP contribution is -2.41. The number of carbonyl (C=O) groups excluding carboxylic acids is 1. The standard InChI is InChI=1S/C24H20N4OS/c25-16-28-14-19-12-24(19,15-28)27-23(29)18-8-6-17(7-9-18)21-13-26-11-10-22(21)30-20-4-2-1-3-5-20/h1-11,13,19H,12,14-15H2,(H,27,29)/t19?,24-/m0/s1. The van der Waals surface area contributed by atoms with Crippen LogP contribution in [0.2, 0.25) is 0 Å². The first kappa shape index (κ1) is 18.7. The second kappa shape index (κ2) is 7.51. The number of nitriles is 1. The Kier molecular flexibility index (Phi) is 4.68. The highest BCUT2D eigenvalue weighted by Crippen LogP contribution is 2.49. The number of pyridine rings is 1. The molecule has 1 aliphatic heterocycles. The lowest BCUT2D eigenvalue weighted by Gasteiger charge is -2.17. The summed E-state index contributed by atoms with van der Waals surface area (Å²) in [4.78, 5) is 21.1. The first-order valence-electron chi connectivity index (χ1n) is 9.91. The van der Waals surface area contributed by atoms with Crippen molar-refractivity contribution < 1.29 is 4.79 Å². The summed E-state index contributed by atoms with van der Waals surface area (Å²) in [6.07, 6.45) is 6.81. The van der Waals surface area contributed by atoms with E-state index in [0.29, 0.717) is 18.0 Å². The lowest BCUT2D eigenvalue weighted by molar-refractivity contribution is 0.0929. The third-order valence-electron chi connectivity index (χ3n) is 5.86. The summed E-state index contributed by atoms with van der Waals surface area (Å²) < 4.78 is 0. The van der Waals surface area contributed by atoms with E-state index in [1.807, 2.05) is 54.7 Å². The molecule has 2 fully saturated rings. The van der Waals surface area contributed by atoms with Crippen molar-refractivity contribution >= 4 is 17.7 Å². The number of piperidine rings is 1. The number of amides is 1. The van der Waals surface area contributed by atoms with Crippen LogP contribution in [0.1, 0.15) is 16.8 Å². The minimum absolute atomic E-state index is 0.0751. The van der Waals surface area contributed by atoms with Crippen molar-refractivity contribution in [2.45, 2.75) is 21.8 Å². The van der Waals surface area contributed by atoms with Crippen molar-refractivity contribution in [2.24, 2.45) is 5.92 Å². The molecule has 148 valence electrons. The maximum Gasteiger partial charge on any atom is 0.251 e. The Hall–Kier alpha value is -3.30. The number of likely N-dealkylation sites (tertiary alicyclic amines) is 1. The van der Waals surface area contributed by atoms with E-state index >= 15 is 0 Å². The maximum absolute atomic E-state index is 12.8. The van der Waals surface area contributed by atoms with Gasteiger partial charge in [-0.05, 0) is 42.3 Å². The predicted octanol–water partition coefficient (Wildman–Crippen LogP) is 4.18. The molecule has 1 amide bonds. The van der Waals surface area contributed by atoms with E-state index in [0.717, 1.165) is 29.0 Å². The average molecular weight is 413 g/mol. The highest BCUT2D eigenvalue weighted by Gasteiger charge is 2.61. The molecule has 5 nitrogen and oxygen atoms in total. The van der Waals surface area contributed by atoms with Gasteiger partial charge in [0.1, 0.15) is 0 Å². The van der Waals surface area contributed by atoms with Crippen LogP contribution >= 0.6 is 11.8 Å². The van der Waals surface area contributed by atoms with E-state index in [9.17, 15) is 4.79 Å². The van der Waals surface area contributed by atoms with Gasteiger partial charge in [0.15, 0.2) is 6.19 Å². The third kappa shape index (κ3) is 3.53. The quantitative estimate of drug-likeness (QED) is 0.637. The van der Waals surface area contributed by atoms with Gasteiger partial charge in [0.2, 0.25) is 0 Å². The zero-order valence-corrected chi connectivity index (χ0v) is 17.1. The Morgan fingerprint density at radius 2 is 1.97 bits per heavy atom. The molecule has 1 saturated heterocycles. The van der Waals surface area contributed by atoms with Gasteiger partial charge in [-0.2, -0.15) is 5.26 Å². The van der Waals surface area contributed by atoms with Crippen LogP contribution in [0.4, 0.5) is 0 Å². The van der Waals surface area contributed by atoms with Crippen LogP contribution in [0.25, 0.3) is 11.1 Å². The van der Waals surface area contributed by atoms with E-state index in [2.05, 4.69) is 28.6 Å². The topological polar surface area (TPSA) is 69.0 Å². The second-order valence-electron chi connectivity index (χ2n) is 7.86. The molecule has 2 atom stereocenters. The van der Waals surface area contributed by atoms with Crippen molar-refractivity contribution in [1.29, 1.82) is 5.26 Å². The van der Waals surface area contributed by atoms with Gasteiger partial charge in [0.25, 0.3) is 5.91 Å². The molecule has 30 heavy (non-hydrogen) atoms. The number of nitrogens with zero attached hydrogens (tertiary/aromatic N) is 3. The van der Waals surface area contributed by atoms with Gasteiger partial charge in [-0.15, -0.1) is 0 Å². The number of benzene rings is 2. The molecular weight excluding hydrogens is 392 g/mol. The first-order chi connectivity index (χ1) is 14.7. The van der Waals surface area contributed by atoms with Gasteiger partial charge in [0.05, 0.1) is 12.1 Å². The van der Waals surface area contributed by atoms with Crippen molar-refractivity contribution in [2.75, 3.05) is 13.1 Å². The van der Waals surface area contributed by atoms with Gasteiger partial charge in [-0.25, -0.2) is 0 Å². The Balaban J connectivity index is 1.32. The molecular formula is C24H20N4OS. The molecule has 0 radical (unpaired) electrons. The molecule has 1 aromatic heterocycles. The van der Waals surface area contributed by atoms with Crippen molar-refractivity contribution in [3.63, 3.8) is 0 Å². The number of nitrogens with one attached hydrogen (secondary N) is 1. The number of hydrogen-bond donors (Lipinski definition) is 1. The molecule has 1 aliphatic carbocycles. The highest BCUT2D eigenvalue weighted by atomic mass is 32.2. The van der Waals surface area contributed by atoms with Crippen LogP contribution < -0.4 is 5.32 Å². The Morgan fingerprint density at radius 3 is 2.70 bits per heavy atom. The van der Waals surface area contributed by atoms with E-state index in [-0.39, 0.29) is 11.4 Å². The summed E-state index contributed by atoms with van der Waals surface area (Å²) in [6.45, 7) is 1.37. The zero-order chi connectivity index (χ0) is 20.6. The normalized spacial score (nSPS) is 21.6. The molecule has 1 N–H and O–H groups in total. The van der Waals surface area contributed by atoms with E-state index in [1.165, 1.54) is 4.90 Å². The monoisotopic (exact) mass is 412 g/mol. The van der Waals surface area contributed by atoms with Gasteiger partial charge in [-0.1, -0.05) is 42.1 Å². The fraction of sp³-hybridized carbons (Fsp3) is 0.208. The molecule has 2 aliphatic rings. The summed E-state index contributed by atoms with van der Waals surface area (Å²) in [5.74, 6) is 0.322. The molecule has 3 aromatic rings. The van der Waals surface area contributed by atoms with Crippen molar-refractivity contribution in [3.8, 4) is 17.3 Å². The smallest absolute Gasteiger partial charge is 0.251 e. The minimum atomic E-state index is -0.214. The van der Waals surface area contributed by atoms with Crippen LogP contribution in [-0.4, -0.2) is 34.4 Å². The van der Waals surface area contributed by atoms with Crippen molar-refractivity contribution in [3.05, 3.63) is 78.6 Å². The van der Waals surface area contributed by atoms with Crippen molar-refractivity contribution in [1.82, 2.24) is 15.2 Å². The van der Waals surface area contributed by atoms with Crippen LogP contribution in [0.15, 0.2) is 82.8 Å². The van der Waals surface area contributed by atoms with E-state index in [4.69, 9.17) is 5.26 Å². The summed E-state index contributed by atoms with van der Waals surface area (Å²) in [7, 11) is 0. The Labute approximate surface area is 179 Å². The summed E-state index contributed by atoms with van der Waals surface area (Å²) in [5.41, 5.74) is 2.49. The Bertz CT molecular complexity index is 1130. The second-order valence-corrected chi connectivity index (χ2v) is 8.97. The first-order valence-corrected chi connectivity index (χ1v) is 10.7. The largest absolute Gasteiger partial charge is 0.344 e. The average Bonchev–Trinajstić information content (AvgIpc) is 3.33. The number of hydrogen-bond acceptors (Lipinski definition) is 5. The number of aromatic nitrogens is 1. The number of fused-ring (bicyclic) bond motifs is 1. The van der Waals surface area contributed by atoms with E-state index in [1.54, 1.807) is 22.9 Å². The summed E-state index contributed by atoms with van der Waals surface area (Å²) in [5, 5.41) is 12.2. The maximum atomic E-state index is 12.8.